The Bertz CT molecular complexity index is 580. The number of H-pyrrole nitrogens is 1. The Balaban J connectivity index is 1.78. The summed E-state index contributed by atoms with van der Waals surface area (Å²) in [6, 6.07) is 4.66. The zero-order chi connectivity index (χ0) is 13.2. The van der Waals surface area contributed by atoms with Crippen molar-refractivity contribution in [3.63, 3.8) is 0 Å². The molecule has 1 aliphatic heterocycles. The summed E-state index contributed by atoms with van der Waals surface area (Å²) in [7, 11) is 0. The van der Waals surface area contributed by atoms with Gasteiger partial charge in [0, 0.05) is 42.1 Å². The number of anilines is 1. The van der Waals surface area contributed by atoms with Crippen LogP contribution in [0.4, 0.5) is 5.69 Å². The molecule has 2 atom stereocenters. The number of nitrogens with one attached hydrogen (secondary N) is 2. The molecule has 5 nitrogen and oxygen atoms in total. The quantitative estimate of drug-likeness (QED) is 0.828. The van der Waals surface area contributed by atoms with Crippen molar-refractivity contribution < 1.29 is 4.79 Å². The van der Waals surface area contributed by atoms with Crippen LogP contribution in [-0.4, -0.2) is 39.9 Å². The van der Waals surface area contributed by atoms with Gasteiger partial charge in [-0.1, -0.05) is 0 Å². The molecule has 2 aromatic heterocycles. The molecular formula is C14H18N4O. The predicted octanol–water partition coefficient (Wildman–Crippen LogP) is 1.98. The fourth-order valence-electron chi connectivity index (χ4n) is 2.71. The SMILES string of the molecule is CC1CCC(Nc2ccnc3[nH]ccc23)CN1C=O. The molecule has 0 saturated carbocycles. The molecular weight excluding hydrogens is 240 g/mol. The van der Waals surface area contributed by atoms with Crippen LogP contribution in [0.1, 0.15) is 19.8 Å². The summed E-state index contributed by atoms with van der Waals surface area (Å²) in [4.78, 5) is 20.3. The van der Waals surface area contributed by atoms with Crippen molar-refractivity contribution in [2.45, 2.75) is 31.8 Å². The highest BCUT2D eigenvalue weighted by molar-refractivity contribution is 5.89. The highest BCUT2D eigenvalue weighted by Gasteiger charge is 2.24. The molecule has 100 valence electrons. The monoisotopic (exact) mass is 258 g/mol. The van der Waals surface area contributed by atoms with E-state index in [2.05, 4.69) is 22.2 Å². The fraction of sp³-hybridized carbons (Fsp3) is 0.429. The van der Waals surface area contributed by atoms with E-state index in [1.807, 2.05) is 23.2 Å². The van der Waals surface area contributed by atoms with Crippen molar-refractivity contribution in [2.75, 3.05) is 11.9 Å². The summed E-state index contributed by atoms with van der Waals surface area (Å²) in [5.74, 6) is 0. The number of rotatable bonds is 3. The molecule has 0 aliphatic carbocycles. The van der Waals surface area contributed by atoms with Crippen LogP contribution >= 0.6 is 0 Å². The van der Waals surface area contributed by atoms with Crippen LogP contribution in [0, 0.1) is 0 Å². The maximum absolute atomic E-state index is 11.0. The van der Waals surface area contributed by atoms with E-state index in [0.717, 1.165) is 42.5 Å². The number of piperidine rings is 1. The minimum atomic E-state index is 0.307. The molecule has 1 fully saturated rings. The van der Waals surface area contributed by atoms with Crippen LogP contribution in [-0.2, 0) is 4.79 Å². The Morgan fingerprint density at radius 3 is 3.21 bits per heavy atom. The topological polar surface area (TPSA) is 61.0 Å². The van der Waals surface area contributed by atoms with Crippen molar-refractivity contribution in [2.24, 2.45) is 0 Å². The number of aromatic nitrogens is 2. The summed E-state index contributed by atoms with van der Waals surface area (Å²) in [6.45, 7) is 2.86. The average Bonchev–Trinajstić information content (AvgIpc) is 2.90. The molecule has 5 heteroatoms. The lowest BCUT2D eigenvalue weighted by molar-refractivity contribution is -0.121. The van der Waals surface area contributed by atoms with E-state index in [1.54, 1.807) is 6.20 Å². The van der Waals surface area contributed by atoms with E-state index in [4.69, 9.17) is 0 Å². The van der Waals surface area contributed by atoms with Crippen LogP contribution in [0.5, 0.6) is 0 Å². The fourth-order valence-corrected chi connectivity index (χ4v) is 2.71. The number of aromatic amines is 1. The van der Waals surface area contributed by atoms with Gasteiger partial charge in [0.1, 0.15) is 5.65 Å². The maximum Gasteiger partial charge on any atom is 0.210 e. The van der Waals surface area contributed by atoms with Crippen LogP contribution in [0.25, 0.3) is 11.0 Å². The first-order chi connectivity index (χ1) is 9.28. The van der Waals surface area contributed by atoms with Crippen molar-refractivity contribution >= 4 is 23.1 Å². The molecule has 1 aliphatic rings. The van der Waals surface area contributed by atoms with Gasteiger partial charge in [0.05, 0.1) is 0 Å². The second-order valence-corrected chi connectivity index (χ2v) is 5.17. The largest absolute Gasteiger partial charge is 0.380 e. The Kier molecular flexibility index (Phi) is 3.11. The highest BCUT2D eigenvalue weighted by atomic mass is 16.1. The summed E-state index contributed by atoms with van der Waals surface area (Å²) in [6.07, 6.45) is 6.77. The van der Waals surface area contributed by atoms with Crippen LogP contribution in [0.15, 0.2) is 24.5 Å². The minimum Gasteiger partial charge on any atom is -0.380 e. The Labute approximate surface area is 112 Å². The lowest BCUT2D eigenvalue weighted by Crippen LogP contribution is -2.46. The molecule has 0 aromatic carbocycles. The molecule has 2 N–H and O–H groups in total. The van der Waals surface area contributed by atoms with Gasteiger partial charge in [0.15, 0.2) is 0 Å². The zero-order valence-electron chi connectivity index (χ0n) is 11.0. The second kappa shape index (κ2) is 4.91. The molecule has 2 aromatic rings. The van der Waals surface area contributed by atoms with Crippen molar-refractivity contribution in [1.29, 1.82) is 0 Å². The highest BCUT2D eigenvalue weighted by Crippen LogP contribution is 2.24. The molecule has 1 amide bonds. The summed E-state index contributed by atoms with van der Waals surface area (Å²) >= 11 is 0. The standard InChI is InChI=1S/C14H18N4O/c1-10-2-3-11(8-18(10)9-19)17-13-5-7-16-14-12(13)4-6-15-14/h4-7,9-11H,2-3,8H2,1H3,(H2,15,16,17). The van der Waals surface area contributed by atoms with Gasteiger partial charge in [-0.2, -0.15) is 0 Å². The first kappa shape index (κ1) is 12.0. The third-order valence-corrected chi connectivity index (χ3v) is 3.89. The molecule has 19 heavy (non-hydrogen) atoms. The molecule has 0 spiro atoms. The second-order valence-electron chi connectivity index (χ2n) is 5.17. The molecule has 1 saturated heterocycles. The summed E-state index contributed by atoms with van der Waals surface area (Å²) in [5, 5.41) is 4.63. The van der Waals surface area contributed by atoms with E-state index in [9.17, 15) is 4.79 Å². The molecule has 3 rings (SSSR count). The lowest BCUT2D eigenvalue weighted by atomic mass is 10.00. The van der Waals surface area contributed by atoms with E-state index in [0.29, 0.717) is 12.1 Å². The van der Waals surface area contributed by atoms with Gasteiger partial charge < -0.3 is 15.2 Å². The number of carbonyl (C=O) groups is 1. The van der Waals surface area contributed by atoms with Crippen LogP contribution < -0.4 is 5.32 Å². The Morgan fingerprint density at radius 1 is 1.47 bits per heavy atom. The molecule has 0 bridgehead atoms. The van der Waals surface area contributed by atoms with Crippen molar-refractivity contribution in [3.8, 4) is 0 Å². The predicted molar refractivity (Wildman–Crippen MR) is 75.0 cm³/mol. The van der Waals surface area contributed by atoms with Crippen molar-refractivity contribution in [1.82, 2.24) is 14.9 Å². The summed E-state index contributed by atoms with van der Waals surface area (Å²) in [5.41, 5.74) is 1.97. The van der Waals surface area contributed by atoms with E-state index in [1.165, 1.54) is 0 Å². The van der Waals surface area contributed by atoms with Gasteiger partial charge in [-0.15, -0.1) is 0 Å². The van der Waals surface area contributed by atoms with Gasteiger partial charge in [-0.25, -0.2) is 4.98 Å². The van der Waals surface area contributed by atoms with Gasteiger partial charge in [-0.05, 0) is 31.9 Å². The number of fused-ring (bicyclic) bond motifs is 1. The average molecular weight is 258 g/mol. The number of amides is 1. The van der Waals surface area contributed by atoms with Gasteiger partial charge in [0.2, 0.25) is 6.41 Å². The maximum atomic E-state index is 11.0. The molecule has 0 radical (unpaired) electrons. The first-order valence-electron chi connectivity index (χ1n) is 6.67. The summed E-state index contributed by atoms with van der Waals surface area (Å²) < 4.78 is 0. The number of likely N-dealkylation sites (tertiary alicyclic amines) is 1. The number of carbonyl (C=O) groups excluding carboxylic acids is 1. The first-order valence-corrected chi connectivity index (χ1v) is 6.67. The molecule has 3 heterocycles. The third-order valence-electron chi connectivity index (χ3n) is 3.89. The zero-order valence-corrected chi connectivity index (χ0v) is 11.0. The van der Waals surface area contributed by atoms with Gasteiger partial charge in [0.25, 0.3) is 0 Å². The lowest BCUT2D eigenvalue weighted by Gasteiger charge is -2.36. The Morgan fingerprint density at radius 2 is 2.37 bits per heavy atom. The third kappa shape index (κ3) is 2.28. The van der Waals surface area contributed by atoms with Gasteiger partial charge in [-0.3, -0.25) is 4.79 Å². The van der Waals surface area contributed by atoms with Gasteiger partial charge >= 0.3 is 0 Å². The van der Waals surface area contributed by atoms with Crippen LogP contribution in [0.3, 0.4) is 0 Å². The normalized spacial score (nSPS) is 23.5. The van der Waals surface area contributed by atoms with Crippen molar-refractivity contribution in [3.05, 3.63) is 24.5 Å². The number of hydrogen-bond donors (Lipinski definition) is 2. The number of nitrogens with zero attached hydrogens (tertiary/aromatic N) is 2. The van der Waals surface area contributed by atoms with E-state index >= 15 is 0 Å². The minimum absolute atomic E-state index is 0.307. The Hall–Kier alpha value is -2.04. The van der Waals surface area contributed by atoms with E-state index < -0.39 is 0 Å². The van der Waals surface area contributed by atoms with E-state index in [-0.39, 0.29) is 0 Å². The molecule has 2 unspecified atom stereocenters. The number of hydrogen-bond acceptors (Lipinski definition) is 3. The number of pyridine rings is 1. The smallest absolute Gasteiger partial charge is 0.210 e. The van der Waals surface area contributed by atoms with Crippen LogP contribution in [0.2, 0.25) is 0 Å².